The van der Waals surface area contributed by atoms with Crippen molar-refractivity contribution in [3.05, 3.63) is 54.6 Å². The summed E-state index contributed by atoms with van der Waals surface area (Å²) in [7, 11) is 0. The highest BCUT2D eigenvalue weighted by Gasteiger charge is 2.31. The minimum Gasteiger partial charge on any atom is -0.508 e. The van der Waals surface area contributed by atoms with Gasteiger partial charge in [-0.15, -0.1) is 0 Å². The van der Waals surface area contributed by atoms with Crippen molar-refractivity contribution in [1.29, 1.82) is 0 Å². The molecular weight excluding hydrogens is 380 g/mol. The van der Waals surface area contributed by atoms with E-state index in [-0.39, 0.29) is 23.5 Å². The second-order valence-corrected chi connectivity index (χ2v) is 7.96. The van der Waals surface area contributed by atoms with Crippen molar-refractivity contribution in [3.63, 3.8) is 0 Å². The minimum atomic E-state index is -0.124. The van der Waals surface area contributed by atoms with Gasteiger partial charge in [-0.25, -0.2) is 0 Å². The Labute approximate surface area is 176 Å². The normalized spacial score (nSPS) is 19.7. The molecule has 2 N–H and O–H groups in total. The quantitative estimate of drug-likeness (QED) is 0.740. The number of nitrogens with zero attached hydrogens (tertiary/aromatic N) is 3. The molecule has 30 heavy (non-hydrogen) atoms. The van der Waals surface area contributed by atoms with Crippen LogP contribution >= 0.6 is 0 Å². The fourth-order valence-corrected chi connectivity index (χ4v) is 4.12. The number of aromatic hydroxyl groups is 1. The first kappa shape index (κ1) is 20.2. The average Bonchev–Trinajstić information content (AvgIpc) is 3.25. The van der Waals surface area contributed by atoms with E-state index in [1.165, 1.54) is 5.69 Å². The summed E-state index contributed by atoms with van der Waals surface area (Å²) < 4.78 is 0. The van der Waals surface area contributed by atoms with E-state index < -0.39 is 0 Å². The number of hydrogen-bond donors (Lipinski definition) is 2. The number of carbonyl (C=O) groups is 2. The van der Waals surface area contributed by atoms with E-state index in [4.69, 9.17) is 0 Å². The maximum Gasteiger partial charge on any atom is 0.236 e. The van der Waals surface area contributed by atoms with E-state index in [0.29, 0.717) is 18.8 Å². The molecule has 1 atom stereocenters. The van der Waals surface area contributed by atoms with Crippen LogP contribution in [0.4, 0.5) is 11.4 Å². The molecule has 158 valence electrons. The summed E-state index contributed by atoms with van der Waals surface area (Å²) in [4.78, 5) is 31.6. The van der Waals surface area contributed by atoms with Gasteiger partial charge in [0.2, 0.25) is 11.8 Å². The van der Waals surface area contributed by atoms with Crippen molar-refractivity contribution < 1.29 is 14.7 Å². The Morgan fingerprint density at radius 2 is 1.63 bits per heavy atom. The number of amides is 2. The lowest BCUT2D eigenvalue weighted by Gasteiger charge is -2.36. The Morgan fingerprint density at radius 3 is 2.33 bits per heavy atom. The molecule has 0 unspecified atom stereocenters. The number of para-hydroxylation sites is 1. The standard InChI is InChI=1S/C23H28N4O3/c28-21-8-6-19(7-9-21)24-23(30)18-10-11-25(16-18)17-22(29)27-14-12-26(13-15-27)20-4-2-1-3-5-20/h1-9,18,28H,10-17H2,(H,24,30)/t18-/m0/s1. The van der Waals surface area contributed by atoms with Crippen LogP contribution in [-0.4, -0.2) is 72.5 Å². The molecule has 2 aromatic carbocycles. The zero-order valence-electron chi connectivity index (χ0n) is 17.0. The van der Waals surface area contributed by atoms with Gasteiger partial charge in [0.1, 0.15) is 5.75 Å². The van der Waals surface area contributed by atoms with Crippen LogP contribution in [0.3, 0.4) is 0 Å². The molecule has 0 aliphatic carbocycles. The smallest absolute Gasteiger partial charge is 0.236 e. The van der Waals surface area contributed by atoms with Crippen molar-refractivity contribution in [2.45, 2.75) is 6.42 Å². The topological polar surface area (TPSA) is 76.1 Å². The summed E-state index contributed by atoms with van der Waals surface area (Å²) in [5, 5.41) is 12.2. The number of phenolic OH excluding ortho intramolecular Hbond substituents is 1. The van der Waals surface area contributed by atoms with E-state index >= 15 is 0 Å². The molecule has 0 spiro atoms. The van der Waals surface area contributed by atoms with Gasteiger partial charge in [0.25, 0.3) is 0 Å². The maximum absolute atomic E-state index is 12.7. The molecule has 7 heteroatoms. The first-order valence-corrected chi connectivity index (χ1v) is 10.5. The third-order valence-corrected chi connectivity index (χ3v) is 5.89. The molecule has 0 radical (unpaired) electrons. The molecule has 2 aliphatic rings. The van der Waals surface area contributed by atoms with Crippen LogP contribution in [0.5, 0.6) is 5.75 Å². The molecule has 2 amide bonds. The van der Waals surface area contributed by atoms with Gasteiger partial charge in [-0.1, -0.05) is 18.2 Å². The van der Waals surface area contributed by atoms with Crippen LogP contribution in [0, 0.1) is 5.92 Å². The monoisotopic (exact) mass is 408 g/mol. The maximum atomic E-state index is 12.7. The minimum absolute atomic E-state index is 0.0351. The van der Waals surface area contributed by atoms with Crippen molar-refractivity contribution in [2.75, 3.05) is 56.0 Å². The lowest BCUT2D eigenvalue weighted by atomic mass is 10.1. The van der Waals surface area contributed by atoms with Gasteiger partial charge in [-0.3, -0.25) is 14.5 Å². The fourth-order valence-electron chi connectivity index (χ4n) is 4.12. The molecular formula is C23H28N4O3. The number of nitrogens with one attached hydrogen (secondary N) is 1. The van der Waals surface area contributed by atoms with Gasteiger partial charge in [-0.05, 0) is 49.4 Å². The van der Waals surface area contributed by atoms with Gasteiger partial charge in [0.15, 0.2) is 0 Å². The van der Waals surface area contributed by atoms with Gasteiger partial charge < -0.3 is 20.2 Å². The van der Waals surface area contributed by atoms with Crippen molar-refractivity contribution in [1.82, 2.24) is 9.80 Å². The summed E-state index contributed by atoms with van der Waals surface area (Å²) in [5.74, 6) is 0.152. The molecule has 2 saturated heterocycles. The lowest BCUT2D eigenvalue weighted by molar-refractivity contribution is -0.132. The number of hydrogen-bond acceptors (Lipinski definition) is 5. The Kier molecular flexibility index (Phi) is 6.18. The van der Waals surface area contributed by atoms with E-state index in [1.54, 1.807) is 24.3 Å². The van der Waals surface area contributed by atoms with Crippen LogP contribution in [0.15, 0.2) is 54.6 Å². The van der Waals surface area contributed by atoms with E-state index in [1.807, 2.05) is 23.1 Å². The number of likely N-dealkylation sites (tertiary alicyclic amines) is 1. The fraction of sp³-hybridized carbons (Fsp3) is 0.391. The second-order valence-electron chi connectivity index (χ2n) is 7.96. The van der Waals surface area contributed by atoms with Crippen LogP contribution in [0.1, 0.15) is 6.42 Å². The summed E-state index contributed by atoms with van der Waals surface area (Å²) in [6.07, 6.45) is 0.749. The molecule has 2 aliphatic heterocycles. The van der Waals surface area contributed by atoms with Gasteiger partial charge in [0.05, 0.1) is 12.5 Å². The number of benzene rings is 2. The zero-order chi connectivity index (χ0) is 20.9. The summed E-state index contributed by atoms with van der Waals surface area (Å²) >= 11 is 0. The predicted octanol–water partition coefficient (Wildman–Crippen LogP) is 2.00. The molecule has 2 heterocycles. The summed E-state index contributed by atoms with van der Waals surface area (Å²) in [6, 6.07) is 16.7. The van der Waals surface area contributed by atoms with Crippen molar-refractivity contribution >= 4 is 23.2 Å². The van der Waals surface area contributed by atoms with E-state index in [2.05, 4.69) is 27.2 Å². The third kappa shape index (κ3) is 4.91. The van der Waals surface area contributed by atoms with E-state index in [9.17, 15) is 14.7 Å². The summed E-state index contributed by atoms with van der Waals surface area (Å²) in [6.45, 7) is 4.86. The number of phenols is 1. The second kappa shape index (κ2) is 9.17. The molecule has 7 nitrogen and oxygen atoms in total. The van der Waals surface area contributed by atoms with Gasteiger partial charge in [0, 0.05) is 44.1 Å². The Bertz CT molecular complexity index is 864. The van der Waals surface area contributed by atoms with Gasteiger partial charge in [-0.2, -0.15) is 0 Å². The largest absolute Gasteiger partial charge is 0.508 e. The van der Waals surface area contributed by atoms with Crippen molar-refractivity contribution in [3.8, 4) is 5.75 Å². The SMILES string of the molecule is O=C(Nc1ccc(O)cc1)[C@H]1CCN(CC(=O)N2CCN(c3ccccc3)CC2)C1. The molecule has 0 bridgehead atoms. The molecule has 0 saturated carbocycles. The molecule has 2 aromatic rings. The zero-order valence-corrected chi connectivity index (χ0v) is 17.0. The van der Waals surface area contributed by atoms with Crippen LogP contribution in [0.2, 0.25) is 0 Å². The Morgan fingerprint density at radius 1 is 0.933 bits per heavy atom. The first-order chi connectivity index (χ1) is 14.6. The highest BCUT2D eigenvalue weighted by Crippen LogP contribution is 2.21. The van der Waals surface area contributed by atoms with Crippen LogP contribution in [0.25, 0.3) is 0 Å². The van der Waals surface area contributed by atoms with Crippen LogP contribution < -0.4 is 10.2 Å². The molecule has 4 rings (SSSR count). The number of rotatable bonds is 5. The Balaban J connectivity index is 1.22. The summed E-state index contributed by atoms with van der Waals surface area (Å²) in [5.41, 5.74) is 1.87. The predicted molar refractivity (Wildman–Crippen MR) is 117 cm³/mol. The Hall–Kier alpha value is -3.06. The van der Waals surface area contributed by atoms with E-state index in [0.717, 1.165) is 39.1 Å². The first-order valence-electron chi connectivity index (χ1n) is 10.5. The van der Waals surface area contributed by atoms with Crippen molar-refractivity contribution in [2.24, 2.45) is 5.92 Å². The third-order valence-electron chi connectivity index (χ3n) is 5.89. The number of anilines is 2. The average molecular weight is 409 g/mol. The molecule has 2 fully saturated rings. The lowest BCUT2D eigenvalue weighted by Crippen LogP contribution is -2.51. The van der Waals surface area contributed by atoms with Gasteiger partial charge >= 0.3 is 0 Å². The highest BCUT2D eigenvalue weighted by atomic mass is 16.3. The highest BCUT2D eigenvalue weighted by molar-refractivity contribution is 5.93. The van der Waals surface area contributed by atoms with Crippen LogP contribution in [-0.2, 0) is 9.59 Å². The number of carbonyl (C=O) groups excluding carboxylic acids is 2. The molecule has 0 aromatic heterocycles. The number of piperazine rings is 1.